The van der Waals surface area contributed by atoms with Crippen LogP contribution in [0, 0.1) is 5.92 Å². The molecule has 0 spiro atoms. The lowest BCUT2D eigenvalue weighted by atomic mass is 10.00. The molecule has 0 aromatic carbocycles. The number of aromatic nitrogens is 2. The van der Waals surface area contributed by atoms with E-state index in [9.17, 15) is 0 Å². The highest BCUT2D eigenvalue weighted by Gasteiger charge is 2.17. The molecule has 3 heteroatoms. The molecule has 12 heavy (non-hydrogen) atoms. The van der Waals surface area contributed by atoms with Gasteiger partial charge in [0.05, 0.1) is 0 Å². The first-order valence-corrected chi connectivity index (χ1v) is 4.55. The molecular weight excluding hydrogens is 150 g/mol. The Bertz CT molecular complexity index is 254. The van der Waals surface area contributed by atoms with Crippen LogP contribution in [0.3, 0.4) is 0 Å². The van der Waals surface area contributed by atoms with E-state index in [-0.39, 0.29) is 0 Å². The van der Waals surface area contributed by atoms with E-state index in [0.29, 0.717) is 0 Å². The lowest BCUT2D eigenvalue weighted by molar-refractivity contribution is 0.356. The number of hydrogen-bond acceptors (Lipinski definition) is 2. The zero-order chi connectivity index (χ0) is 8.39. The van der Waals surface area contributed by atoms with Crippen LogP contribution in [0.5, 0.6) is 0 Å². The third-order valence-corrected chi connectivity index (χ3v) is 2.53. The zero-order valence-corrected chi connectivity index (χ0v) is 7.45. The molecule has 2 rings (SSSR count). The highest BCUT2D eigenvalue weighted by atomic mass is 15.1. The summed E-state index contributed by atoms with van der Waals surface area (Å²) in [7, 11) is 2.02. The fraction of sp³-hybridized carbons (Fsp3) is 0.667. The van der Waals surface area contributed by atoms with E-state index in [1.807, 2.05) is 13.2 Å². The van der Waals surface area contributed by atoms with Crippen molar-refractivity contribution >= 4 is 0 Å². The highest BCUT2D eigenvalue weighted by molar-refractivity contribution is 4.96. The first kappa shape index (κ1) is 7.80. The molecule has 0 aliphatic carbocycles. The lowest BCUT2D eigenvalue weighted by Gasteiger charge is -2.23. The molecule has 0 unspecified atom stereocenters. The molecule has 0 radical (unpaired) electrons. The van der Waals surface area contributed by atoms with Crippen molar-refractivity contribution in [3.8, 4) is 0 Å². The maximum atomic E-state index is 4.29. The zero-order valence-electron chi connectivity index (χ0n) is 7.45. The van der Waals surface area contributed by atoms with Crippen molar-refractivity contribution < 1.29 is 0 Å². The van der Waals surface area contributed by atoms with Gasteiger partial charge in [0.1, 0.15) is 5.82 Å². The largest absolute Gasteiger partial charge is 0.335 e. The monoisotopic (exact) mass is 165 g/mol. The van der Waals surface area contributed by atoms with Gasteiger partial charge < -0.3 is 9.88 Å². The summed E-state index contributed by atoms with van der Waals surface area (Å²) < 4.78 is 2.27. The molecule has 1 aliphatic rings. The van der Waals surface area contributed by atoms with Crippen LogP contribution in [-0.4, -0.2) is 23.1 Å². The van der Waals surface area contributed by atoms with Gasteiger partial charge >= 0.3 is 0 Å². The molecule has 0 saturated heterocycles. The number of rotatable bonds is 2. The van der Waals surface area contributed by atoms with E-state index in [0.717, 1.165) is 25.4 Å². The van der Waals surface area contributed by atoms with Crippen LogP contribution in [0.2, 0.25) is 0 Å². The Hall–Kier alpha value is -0.830. The van der Waals surface area contributed by atoms with Crippen molar-refractivity contribution in [2.75, 3.05) is 13.6 Å². The molecule has 0 fully saturated rings. The molecule has 1 N–H and O–H groups in total. The molecule has 0 bridgehead atoms. The van der Waals surface area contributed by atoms with E-state index in [4.69, 9.17) is 0 Å². The van der Waals surface area contributed by atoms with Crippen molar-refractivity contribution in [1.82, 2.24) is 14.9 Å². The fourth-order valence-electron chi connectivity index (χ4n) is 1.89. The Morgan fingerprint density at radius 3 is 3.50 bits per heavy atom. The predicted molar refractivity (Wildman–Crippen MR) is 48.0 cm³/mol. The minimum Gasteiger partial charge on any atom is -0.335 e. The van der Waals surface area contributed by atoms with E-state index in [1.54, 1.807) is 0 Å². The summed E-state index contributed by atoms with van der Waals surface area (Å²) in [5, 5.41) is 3.23. The Kier molecular flexibility index (Phi) is 2.13. The Morgan fingerprint density at radius 2 is 2.67 bits per heavy atom. The minimum atomic E-state index is 0.789. The van der Waals surface area contributed by atoms with Crippen LogP contribution >= 0.6 is 0 Å². The molecule has 2 heterocycles. The molecule has 1 atom stereocenters. The van der Waals surface area contributed by atoms with E-state index in [1.165, 1.54) is 12.2 Å². The third-order valence-electron chi connectivity index (χ3n) is 2.53. The molecule has 0 amide bonds. The number of aryl methyl sites for hydroxylation is 1. The van der Waals surface area contributed by atoms with Gasteiger partial charge in [0.15, 0.2) is 0 Å². The Balaban J connectivity index is 2.05. The lowest BCUT2D eigenvalue weighted by Crippen LogP contribution is -2.27. The first-order valence-electron chi connectivity index (χ1n) is 4.55. The summed E-state index contributed by atoms with van der Waals surface area (Å²) in [4.78, 5) is 4.29. The summed E-state index contributed by atoms with van der Waals surface area (Å²) in [6.07, 6.45) is 6.39. The SMILES string of the molecule is CNC[C@H]1CCc2nccn2C1. The second-order valence-corrected chi connectivity index (χ2v) is 3.46. The van der Waals surface area contributed by atoms with E-state index in [2.05, 4.69) is 21.1 Å². The molecule has 1 aromatic heterocycles. The summed E-state index contributed by atoms with van der Waals surface area (Å²) >= 11 is 0. The van der Waals surface area contributed by atoms with Gasteiger partial charge in [0, 0.05) is 25.4 Å². The Morgan fingerprint density at radius 1 is 1.75 bits per heavy atom. The van der Waals surface area contributed by atoms with Gasteiger partial charge in [-0.25, -0.2) is 4.98 Å². The predicted octanol–water partition coefficient (Wildman–Crippen LogP) is 0.665. The molecule has 0 saturated carbocycles. The van der Waals surface area contributed by atoms with Gasteiger partial charge in [-0.3, -0.25) is 0 Å². The number of imidazole rings is 1. The number of fused-ring (bicyclic) bond motifs is 1. The Labute approximate surface area is 72.8 Å². The quantitative estimate of drug-likeness (QED) is 0.698. The first-order chi connectivity index (χ1) is 5.90. The topological polar surface area (TPSA) is 29.9 Å². The van der Waals surface area contributed by atoms with Gasteiger partial charge in [0.2, 0.25) is 0 Å². The van der Waals surface area contributed by atoms with Crippen LogP contribution in [0.1, 0.15) is 12.2 Å². The third kappa shape index (κ3) is 1.37. The standard InChI is InChI=1S/C9H15N3/c1-10-6-8-2-3-9-11-4-5-12(9)7-8/h4-5,8,10H,2-3,6-7H2,1H3/t8-/m1/s1. The second kappa shape index (κ2) is 3.27. The molecular formula is C9H15N3. The smallest absolute Gasteiger partial charge is 0.108 e. The average molecular weight is 165 g/mol. The van der Waals surface area contributed by atoms with Crippen molar-refractivity contribution in [2.24, 2.45) is 5.92 Å². The summed E-state index contributed by atoms with van der Waals surface area (Å²) in [5.74, 6) is 2.04. The second-order valence-electron chi connectivity index (χ2n) is 3.46. The molecule has 1 aliphatic heterocycles. The maximum absolute atomic E-state index is 4.29. The highest BCUT2D eigenvalue weighted by Crippen LogP contribution is 2.17. The average Bonchev–Trinajstić information content (AvgIpc) is 2.51. The van der Waals surface area contributed by atoms with Crippen LogP contribution in [0.15, 0.2) is 12.4 Å². The summed E-state index contributed by atoms with van der Waals surface area (Å²) in [5.41, 5.74) is 0. The van der Waals surface area contributed by atoms with Gasteiger partial charge in [-0.15, -0.1) is 0 Å². The summed E-state index contributed by atoms with van der Waals surface area (Å²) in [6.45, 7) is 2.26. The molecule has 3 nitrogen and oxygen atoms in total. The van der Waals surface area contributed by atoms with Crippen LogP contribution in [-0.2, 0) is 13.0 Å². The van der Waals surface area contributed by atoms with Crippen molar-refractivity contribution in [3.63, 3.8) is 0 Å². The molecule has 66 valence electrons. The van der Waals surface area contributed by atoms with Crippen LogP contribution < -0.4 is 5.32 Å². The number of hydrogen-bond donors (Lipinski definition) is 1. The summed E-state index contributed by atoms with van der Waals surface area (Å²) in [6, 6.07) is 0. The normalized spacial score (nSPS) is 22.2. The number of nitrogens with zero attached hydrogens (tertiary/aromatic N) is 2. The van der Waals surface area contributed by atoms with Gasteiger partial charge in [-0.05, 0) is 25.9 Å². The van der Waals surface area contributed by atoms with Crippen LogP contribution in [0.25, 0.3) is 0 Å². The minimum absolute atomic E-state index is 0.789. The fourth-order valence-corrected chi connectivity index (χ4v) is 1.89. The maximum Gasteiger partial charge on any atom is 0.108 e. The molecule has 1 aromatic rings. The van der Waals surface area contributed by atoms with Gasteiger partial charge in [-0.2, -0.15) is 0 Å². The van der Waals surface area contributed by atoms with Gasteiger partial charge in [-0.1, -0.05) is 0 Å². The van der Waals surface area contributed by atoms with Crippen molar-refractivity contribution in [2.45, 2.75) is 19.4 Å². The number of nitrogens with one attached hydrogen (secondary N) is 1. The van der Waals surface area contributed by atoms with E-state index < -0.39 is 0 Å². The van der Waals surface area contributed by atoms with E-state index >= 15 is 0 Å². The van der Waals surface area contributed by atoms with Crippen molar-refractivity contribution in [1.29, 1.82) is 0 Å². The van der Waals surface area contributed by atoms with Gasteiger partial charge in [0.25, 0.3) is 0 Å². The van der Waals surface area contributed by atoms with Crippen LogP contribution in [0.4, 0.5) is 0 Å². The van der Waals surface area contributed by atoms with Crippen molar-refractivity contribution in [3.05, 3.63) is 18.2 Å².